The number of unbranched alkanes of at least 4 members (excludes halogenated alkanes) is 10. The molecule has 0 heterocycles. The van der Waals surface area contributed by atoms with Gasteiger partial charge in [-0.2, -0.15) is 0 Å². The molecule has 0 atom stereocenters. The van der Waals surface area contributed by atoms with Crippen LogP contribution in [-0.2, 0) is 14.7 Å². The molecule has 0 aromatic heterocycles. The SMILES string of the molecule is CCCCCCCC/C=C\CCCCCCC(c1ccccc1)(c1ccccc1)N(P(=O)(O)O)P(=O)(O)O. The summed E-state index contributed by atoms with van der Waals surface area (Å²) < 4.78 is 25.4. The molecule has 4 N–H and O–H groups in total. The zero-order valence-electron chi connectivity index (χ0n) is 22.6. The molecule has 2 rings (SSSR count). The molecule has 0 saturated heterocycles. The summed E-state index contributed by atoms with van der Waals surface area (Å²) in [5.41, 5.74) is -0.844. The van der Waals surface area contributed by atoms with E-state index in [9.17, 15) is 28.7 Å². The molecule has 0 fully saturated rings. The molecule has 0 radical (unpaired) electrons. The minimum Gasteiger partial charge on any atom is -0.312 e. The fraction of sp³-hybridized carbons (Fsp3) is 0.517. The predicted octanol–water partition coefficient (Wildman–Crippen LogP) is 8.07. The lowest BCUT2D eigenvalue weighted by Gasteiger charge is -2.44. The van der Waals surface area contributed by atoms with Crippen LogP contribution >= 0.6 is 15.5 Å². The molecule has 0 saturated carbocycles. The molecule has 2 aromatic carbocycles. The van der Waals surface area contributed by atoms with Crippen molar-refractivity contribution in [1.29, 1.82) is 0 Å². The standard InChI is InChI=1S/C29H45NO6P2/c1-2-3-4-5-6-7-8-9-10-11-12-13-14-21-26-29(27-22-17-15-18-23-27,28-24-19-16-20-25-28)30(37(31,32)33)38(34,35)36/h9-10,15-20,22-25H,2-8,11-14,21,26H2,1H3,(H2,31,32,33)(H2,34,35,36)/b10-9-. The smallest absolute Gasteiger partial charge is 0.312 e. The summed E-state index contributed by atoms with van der Waals surface area (Å²) in [6, 6.07) is 17.0. The number of allylic oxidation sites excluding steroid dienone is 2. The molecule has 9 heteroatoms. The lowest BCUT2D eigenvalue weighted by atomic mass is 9.79. The first-order chi connectivity index (χ1) is 18.1. The van der Waals surface area contributed by atoms with Gasteiger partial charge in [0.25, 0.3) is 0 Å². The second-order valence-corrected chi connectivity index (χ2v) is 13.1. The van der Waals surface area contributed by atoms with E-state index in [2.05, 4.69) is 19.1 Å². The molecule has 0 spiro atoms. The van der Waals surface area contributed by atoms with Crippen molar-refractivity contribution in [2.24, 2.45) is 0 Å². The van der Waals surface area contributed by atoms with Gasteiger partial charge in [0, 0.05) is 0 Å². The van der Waals surface area contributed by atoms with Crippen LogP contribution in [-0.4, -0.2) is 24.0 Å². The first-order valence-corrected chi connectivity index (χ1v) is 17.0. The molecule has 2 aromatic rings. The maximum absolute atomic E-state index is 12.6. The highest BCUT2D eigenvalue weighted by atomic mass is 31.3. The van der Waals surface area contributed by atoms with Gasteiger partial charge in [-0.25, -0.2) is 9.13 Å². The first-order valence-electron chi connectivity index (χ1n) is 13.8. The van der Waals surface area contributed by atoms with Crippen molar-refractivity contribution in [2.45, 2.75) is 95.9 Å². The van der Waals surface area contributed by atoms with E-state index in [1.165, 1.54) is 38.5 Å². The normalized spacial score (nSPS) is 13.0. The highest BCUT2D eigenvalue weighted by molar-refractivity contribution is 7.65. The maximum atomic E-state index is 12.6. The summed E-state index contributed by atoms with van der Waals surface area (Å²) >= 11 is 0. The van der Waals surface area contributed by atoms with Crippen LogP contribution in [0.25, 0.3) is 0 Å². The Balaban J connectivity index is 2.09. The molecule has 38 heavy (non-hydrogen) atoms. The molecule has 0 unspecified atom stereocenters. The van der Waals surface area contributed by atoms with Gasteiger partial charge in [0.15, 0.2) is 0 Å². The van der Waals surface area contributed by atoms with Gasteiger partial charge in [-0.1, -0.05) is 136 Å². The van der Waals surface area contributed by atoms with Crippen molar-refractivity contribution in [3.05, 3.63) is 83.9 Å². The Morgan fingerprint density at radius 2 is 1.03 bits per heavy atom. The van der Waals surface area contributed by atoms with Crippen molar-refractivity contribution in [1.82, 2.24) is 4.44 Å². The first kappa shape index (κ1) is 32.7. The molecule has 0 aliphatic carbocycles. The van der Waals surface area contributed by atoms with Crippen LogP contribution in [0, 0.1) is 0 Å². The van der Waals surface area contributed by atoms with Crippen LogP contribution in [0.3, 0.4) is 0 Å². The highest BCUT2D eigenvalue weighted by Crippen LogP contribution is 2.67. The molecular formula is C29H45NO6P2. The van der Waals surface area contributed by atoms with Crippen LogP contribution < -0.4 is 0 Å². The van der Waals surface area contributed by atoms with E-state index >= 15 is 0 Å². The largest absolute Gasteiger partial charge is 0.413 e. The number of hydrogen-bond donors (Lipinski definition) is 4. The van der Waals surface area contributed by atoms with Gasteiger partial charge in [-0.05, 0) is 43.2 Å². The molecule has 0 amide bonds. The zero-order valence-corrected chi connectivity index (χ0v) is 24.4. The van der Waals surface area contributed by atoms with Crippen LogP contribution in [0.1, 0.15) is 102 Å². The minimum atomic E-state index is -5.38. The van der Waals surface area contributed by atoms with Gasteiger partial charge >= 0.3 is 15.5 Å². The third-order valence-corrected chi connectivity index (χ3v) is 9.96. The Bertz CT molecular complexity index is 974. The highest BCUT2D eigenvalue weighted by Gasteiger charge is 2.55. The van der Waals surface area contributed by atoms with E-state index in [1.54, 1.807) is 60.7 Å². The number of hydrogen-bond acceptors (Lipinski definition) is 2. The number of benzene rings is 2. The van der Waals surface area contributed by atoms with E-state index in [4.69, 9.17) is 0 Å². The van der Waals surface area contributed by atoms with E-state index in [0.717, 1.165) is 32.1 Å². The summed E-state index contributed by atoms with van der Waals surface area (Å²) in [4.78, 5) is 40.9. The molecular weight excluding hydrogens is 520 g/mol. The maximum Gasteiger partial charge on any atom is 0.413 e. The lowest BCUT2D eigenvalue weighted by molar-refractivity contribution is 0.187. The van der Waals surface area contributed by atoms with Crippen LogP contribution in [0.15, 0.2) is 72.8 Å². The minimum absolute atomic E-state index is 0.128. The van der Waals surface area contributed by atoms with E-state index in [1.807, 2.05) is 0 Å². The fourth-order valence-electron chi connectivity index (χ4n) is 5.09. The summed E-state index contributed by atoms with van der Waals surface area (Å²) in [5, 5.41) is 0. The summed E-state index contributed by atoms with van der Waals surface area (Å²) in [6.45, 7) is 2.23. The van der Waals surface area contributed by atoms with Crippen LogP contribution in [0.2, 0.25) is 0 Å². The van der Waals surface area contributed by atoms with Gasteiger partial charge in [0.1, 0.15) is 0 Å². The Morgan fingerprint density at radius 3 is 1.45 bits per heavy atom. The Morgan fingerprint density at radius 1 is 0.632 bits per heavy atom. The second kappa shape index (κ2) is 16.5. The van der Waals surface area contributed by atoms with Crippen LogP contribution in [0.4, 0.5) is 0 Å². The molecule has 7 nitrogen and oxygen atoms in total. The number of rotatable bonds is 19. The van der Waals surface area contributed by atoms with Gasteiger partial charge in [0.2, 0.25) is 0 Å². The predicted molar refractivity (Wildman–Crippen MR) is 154 cm³/mol. The fourth-order valence-corrected chi connectivity index (χ4v) is 7.85. The van der Waals surface area contributed by atoms with Crippen molar-refractivity contribution < 1.29 is 28.7 Å². The Hall–Kier alpha value is -1.56. The van der Waals surface area contributed by atoms with Gasteiger partial charge in [0.05, 0.1) is 5.54 Å². The Labute approximate surface area is 228 Å². The van der Waals surface area contributed by atoms with E-state index in [0.29, 0.717) is 17.5 Å². The number of nitrogens with zero attached hydrogens (tertiary/aromatic N) is 1. The molecule has 212 valence electrons. The van der Waals surface area contributed by atoms with Crippen molar-refractivity contribution in [3.63, 3.8) is 0 Å². The van der Waals surface area contributed by atoms with E-state index < -0.39 is 21.0 Å². The van der Waals surface area contributed by atoms with Crippen molar-refractivity contribution in [3.8, 4) is 0 Å². The van der Waals surface area contributed by atoms with Crippen molar-refractivity contribution >= 4 is 15.5 Å². The van der Waals surface area contributed by atoms with Gasteiger partial charge in [-0.3, -0.25) is 0 Å². The average molecular weight is 566 g/mol. The monoisotopic (exact) mass is 565 g/mol. The second-order valence-electron chi connectivity index (χ2n) is 9.89. The summed E-state index contributed by atoms with van der Waals surface area (Å²) in [6.07, 6.45) is 17.7. The zero-order chi connectivity index (χ0) is 27.9. The molecule has 0 aliphatic heterocycles. The third kappa shape index (κ3) is 10.2. The Kier molecular flexibility index (Phi) is 14.2. The van der Waals surface area contributed by atoms with Gasteiger partial charge in [-0.15, -0.1) is 0 Å². The third-order valence-electron chi connectivity index (χ3n) is 6.89. The quantitative estimate of drug-likeness (QED) is 0.0773. The topological polar surface area (TPSA) is 118 Å². The molecule has 0 aliphatic rings. The van der Waals surface area contributed by atoms with E-state index in [-0.39, 0.29) is 10.9 Å². The van der Waals surface area contributed by atoms with Crippen molar-refractivity contribution in [2.75, 3.05) is 0 Å². The molecule has 0 bridgehead atoms. The average Bonchev–Trinajstić information content (AvgIpc) is 2.87. The lowest BCUT2D eigenvalue weighted by Crippen LogP contribution is -2.43. The summed E-state index contributed by atoms with van der Waals surface area (Å²) in [7, 11) is -10.8. The summed E-state index contributed by atoms with van der Waals surface area (Å²) in [5.74, 6) is 0. The van der Waals surface area contributed by atoms with Gasteiger partial charge < -0.3 is 19.6 Å². The van der Waals surface area contributed by atoms with Crippen LogP contribution in [0.5, 0.6) is 0 Å².